The summed E-state index contributed by atoms with van der Waals surface area (Å²) in [7, 11) is 0. The van der Waals surface area contributed by atoms with Crippen molar-refractivity contribution in [1.82, 2.24) is 17.5 Å². The van der Waals surface area contributed by atoms with Gasteiger partial charge in [-0.05, 0) is 107 Å². The van der Waals surface area contributed by atoms with E-state index in [1.54, 1.807) is 0 Å². The van der Waals surface area contributed by atoms with Gasteiger partial charge in [0.05, 0.1) is 32.5 Å². The van der Waals surface area contributed by atoms with Gasteiger partial charge in [0.25, 0.3) is 0 Å². The average Bonchev–Trinajstić information content (AvgIpc) is 4.17. The maximum absolute atomic E-state index is 9.39. The fourth-order valence-corrected chi connectivity index (χ4v) is 12.0. The smallest absolute Gasteiger partial charge is 0.146 e. The van der Waals surface area contributed by atoms with Crippen LogP contribution in [-0.2, 0) is 5.41 Å². The number of rotatable bonds is 10. The number of nitriles is 4. The topological polar surface area (TPSA) is 147 Å². The van der Waals surface area contributed by atoms with E-state index in [-0.39, 0.29) is 16.6 Å². The van der Waals surface area contributed by atoms with Crippen LogP contribution in [0.25, 0.3) is 78.7 Å². The predicted molar refractivity (Wildman–Crippen MR) is 257 cm³/mol. The van der Waals surface area contributed by atoms with Crippen LogP contribution in [-0.4, -0.2) is 17.5 Å². The molecule has 4 aromatic heterocycles. The van der Waals surface area contributed by atoms with Crippen molar-refractivity contribution >= 4 is 91.5 Å². The molecule has 9 rings (SSSR count). The van der Waals surface area contributed by atoms with Crippen molar-refractivity contribution in [3.05, 3.63) is 125 Å². The lowest BCUT2D eigenvalue weighted by molar-refractivity contribution is 0.308. The molecule has 8 nitrogen and oxygen atoms in total. The van der Waals surface area contributed by atoms with E-state index in [9.17, 15) is 21.0 Å². The van der Waals surface area contributed by atoms with Gasteiger partial charge in [-0.3, -0.25) is 0 Å². The second-order valence-corrected chi connectivity index (χ2v) is 19.5. The molecule has 0 bridgehead atoms. The molecule has 0 spiro atoms. The first-order valence-corrected chi connectivity index (χ1v) is 23.9. The molecule has 63 heavy (non-hydrogen) atoms. The van der Waals surface area contributed by atoms with Crippen LogP contribution in [0.3, 0.4) is 0 Å². The monoisotopic (exact) mass is 890 g/mol. The first kappa shape index (κ1) is 41.7. The maximum Gasteiger partial charge on any atom is 0.146 e. The van der Waals surface area contributed by atoms with E-state index in [0.29, 0.717) is 20.9 Å². The number of aromatic nitrogens is 4. The Morgan fingerprint density at radius 1 is 0.540 bits per heavy atom. The largest absolute Gasteiger partial charge is 0.192 e. The molecule has 1 aliphatic rings. The zero-order valence-corrected chi connectivity index (χ0v) is 38.2. The van der Waals surface area contributed by atoms with Crippen LogP contribution in [0.5, 0.6) is 0 Å². The van der Waals surface area contributed by atoms with Gasteiger partial charge in [-0.1, -0.05) is 89.1 Å². The Labute approximate surface area is 381 Å². The van der Waals surface area contributed by atoms with Crippen LogP contribution in [0.15, 0.2) is 84.9 Å². The van der Waals surface area contributed by atoms with Crippen molar-refractivity contribution < 1.29 is 0 Å². The van der Waals surface area contributed by atoms with Gasteiger partial charge in [-0.2, -0.15) is 38.5 Å². The van der Waals surface area contributed by atoms with Crippen LogP contribution >= 0.6 is 46.1 Å². The van der Waals surface area contributed by atoms with Gasteiger partial charge in [-0.15, -0.1) is 22.7 Å². The molecular formula is C51H38N8S4. The van der Waals surface area contributed by atoms with E-state index < -0.39 is 0 Å². The third-order valence-corrected chi connectivity index (χ3v) is 15.6. The molecule has 2 unspecified atom stereocenters. The Bertz CT molecular complexity index is 3290. The molecule has 12 heteroatoms. The minimum Gasteiger partial charge on any atom is -0.192 e. The molecule has 0 saturated carbocycles. The Balaban J connectivity index is 1.17. The minimum absolute atomic E-state index is 0.111. The molecule has 0 saturated heterocycles. The van der Waals surface area contributed by atoms with Crippen molar-refractivity contribution in [1.29, 1.82) is 21.0 Å². The molecule has 306 valence electrons. The van der Waals surface area contributed by atoms with E-state index in [0.717, 1.165) is 90.2 Å². The Morgan fingerprint density at radius 2 is 0.937 bits per heavy atom. The zero-order valence-electron chi connectivity index (χ0n) is 34.9. The number of thiophene rings is 2. The lowest BCUT2D eigenvalue weighted by Gasteiger charge is -2.37. The van der Waals surface area contributed by atoms with Crippen LogP contribution in [0.1, 0.15) is 75.6 Å². The summed E-state index contributed by atoms with van der Waals surface area (Å²) < 4.78 is 22.4. The van der Waals surface area contributed by atoms with Crippen molar-refractivity contribution in [2.45, 2.75) is 58.8 Å². The van der Waals surface area contributed by atoms with E-state index in [4.69, 9.17) is 17.5 Å². The number of benzene rings is 4. The van der Waals surface area contributed by atoms with E-state index >= 15 is 0 Å². The summed E-state index contributed by atoms with van der Waals surface area (Å²) in [6.07, 6.45) is 8.30. The summed E-state index contributed by atoms with van der Waals surface area (Å²) in [5.41, 5.74) is 14.8. The number of hydrogen-bond acceptors (Lipinski definition) is 12. The lowest BCUT2D eigenvalue weighted by atomic mass is 9.66. The van der Waals surface area contributed by atoms with E-state index in [2.05, 4.69) is 101 Å². The minimum atomic E-state index is -0.235. The van der Waals surface area contributed by atoms with Crippen molar-refractivity contribution in [3.63, 3.8) is 0 Å². The SMILES string of the molecule is CCC(C)CC1(CC(C)CC)c2cc(-c3ccc(/C=c4\ccc(=C(C#N)C#N)s4)c4nsnc34)ccc2-c2ccc(-c3ccc(/C=c4\ccc(=C(C#N)C#N)s4)c4nsnc34)cc21. The summed E-state index contributed by atoms with van der Waals surface area (Å²) >= 11 is 5.24. The molecule has 0 N–H and O–H groups in total. The second kappa shape index (κ2) is 17.3. The highest BCUT2D eigenvalue weighted by atomic mass is 32.1. The number of fused-ring (bicyclic) bond motifs is 5. The average molecular weight is 891 g/mol. The van der Waals surface area contributed by atoms with Gasteiger partial charge >= 0.3 is 0 Å². The van der Waals surface area contributed by atoms with E-state index in [1.165, 1.54) is 68.4 Å². The maximum atomic E-state index is 9.39. The van der Waals surface area contributed by atoms with Gasteiger partial charge in [-0.25, -0.2) is 0 Å². The molecular weight excluding hydrogens is 853 g/mol. The van der Waals surface area contributed by atoms with Crippen LogP contribution in [0.4, 0.5) is 0 Å². The number of hydrogen-bond donors (Lipinski definition) is 0. The predicted octanol–water partition coefficient (Wildman–Crippen LogP) is 10.3. The van der Waals surface area contributed by atoms with Gasteiger partial charge in [0, 0.05) is 36.7 Å². The Morgan fingerprint density at radius 3 is 1.33 bits per heavy atom. The highest BCUT2D eigenvalue weighted by Crippen LogP contribution is 2.57. The van der Waals surface area contributed by atoms with Crippen molar-refractivity contribution in [2.75, 3.05) is 0 Å². The second-order valence-electron chi connectivity index (χ2n) is 16.3. The first-order chi connectivity index (χ1) is 30.7. The molecule has 8 aromatic rings. The van der Waals surface area contributed by atoms with E-state index in [1.807, 2.05) is 48.5 Å². The summed E-state index contributed by atoms with van der Waals surface area (Å²) in [4.78, 5) is 0. The summed E-state index contributed by atoms with van der Waals surface area (Å²) in [5.74, 6) is 0.962. The van der Waals surface area contributed by atoms with Crippen molar-refractivity contribution in [3.8, 4) is 57.7 Å². The summed E-state index contributed by atoms with van der Waals surface area (Å²) in [6.45, 7) is 9.36. The quantitative estimate of drug-likeness (QED) is 0.132. The zero-order chi connectivity index (χ0) is 43.8. The van der Waals surface area contributed by atoms with Gasteiger partial charge in [0.1, 0.15) is 57.5 Å². The van der Waals surface area contributed by atoms with Crippen LogP contribution < -0.4 is 18.1 Å². The standard InChI is InChI=1S/C51H38N8S4/c1-5-29(3)23-51(24-30(4)6-2)43-21-31(39-13-9-33(47-49(39)58-62-56-47)19-37-11-17-45(60-37)35(25-52)26-53)7-15-41(43)42-16-8-32(22-44(42)51)40-14-10-34(48-50(40)59-63-57-48)20-38-12-18-46(61-38)36(27-54)28-55/h7-22,29-30H,5-6,23-24H2,1-4H3/b37-19+,38-20+. The van der Waals surface area contributed by atoms with Crippen LogP contribution in [0, 0.1) is 57.2 Å². The van der Waals surface area contributed by atoms with Gasteiger partial charge in [0.2, 0.25) is 0 Å². The van der Waals surface area contributed by atoms with Crippen molar-refractivity contribution in [2.24, 2.45) is 11.8 Å². The third kappa shape index (κ3) is 7.46. The molecule has 0 amide bonds. The van der Waals surface area contributed by atoms with Gasteiger partial charge in [0.15, 0.2) is 0 Å². The number of nitrogens with zero attached hydrogens (tertiary/aromatic N) is 8. The highest BCUT2D eigenvalue weighted by molar-refractivity contribution is 7.08. The molecule has 0 aliphatic heterocycles. The molecule has 4 heterocycles. The summed E-state index contributed by atoms with van der Waals surface area (Å²) in [5, 5.41) is 37.6. The Hall–Kier alpha value is -6.64. The fourth-order valence-electron chi connectivity index (χ4n) is 9.01. The third-order valence-electron chi connectivity index (χ3n) is 12.5. The molecule has 0 fully saturated rings. The Kier molecular flexibility index (Phi) is 11.4. The fraction of sp³-hybridized carbons (Fsp3) is 0.216. The molecule has 2 atom stereocenters. The normalized spacial score (nSPS) is 14.1. The molecule has 0 radical (unpaired) electrons. The first-order valence-electron chi connectivity index (χ1n) is 20.8. The lowest BCUT2D eigenvalue weighted by Crippen LogP contribution is -2.30. The van der Waals surface area contributed by atoms with Gasteiger partial charge < -0.3 is 0 Å². The summed E-state index contributed by atoms with van der Waals surface area (Å²) in [6, 6.07) is 37.9. The van der Waals surface area contributed by atoms with Crippen LogP contribution in [0.2, 0.25) is 0 Å². The molecule has 4 aromatic carbocycles. The molecule has 1 aliphatic carbocycles. The highest BCUT2D eigenvalue weighted by Gasteiger charge is 2.45.